The highest BCUT2D eigenvalue weighted by molar-refractivity contribution is 5.71. The molecular formula is C22H12N9O3-. The molecule has 12 heteroatoms. The maximum Gasteiger partial charge on any atom is 0.285 e. The first-order valence-corrected chi connectivity index (χ1v) is 9.57. The number of nitrogens with zero attached hydrogens (tertiary/aromatic N) is 9. The van der Waals surface area contributed by atoms with E-state index < -0.39 is 17.0 Å². The van der Waals surface area contributed by atoms with Crippen LogP contribution in [0.15, 0.2) is 27.8 Å². The lowest BCUT2D eigenvalue weighted by atomic mass is 10.2. The molecule has 164 valence electrons. The summed E-state index contributed by atoms with van der Waals surface area (Å²) < 4.78 is 1.92. The van der Waals surface area contributed by atoms with E-state index in [0.717, 1.165) is 9.03 Å². The molecule has 0 fully saturated rings. The second kappa shape index (κ2) is 8.24. The molecule has 0 aliphatic heterocycles. The molecule has 0 spiro atoms. The second-order valence-corrected chi connectivity index (χ2v) is 6.94. The number of aromatic hydroxyl groups is 1. The smallest absolute Gasteiger partial charge is 0.285 e. The van der Waals surface area contributed by atoms with Gasteiger partial charge in [0.1, 0.15) is 11.6 Å². The third-order valence-corrected chi connectivity index (χ3v) is 4.89. The summed E-state index contributed by atoms with van der Waals surface area (Å²) in [6.45, 7) is 10.3. The lowest BCUT2D eigenvalue weighted by Crippen LogP contribution is -2.34. The predicted molar refractivity (Wildman–Crippen MR) is 121 cm³/mol. The van der Waals surface area contributed by atoms with Crippen molar-refractivity contribution in [3.63, 3.8) is 0 Å². The molecule has 0 unspecified atom stereocenters. The number of fused-ring (bicyclic) bond motifs is 2. The first-order chi connectivity index (χ1) is 16.3. The van der Waals surface area contributed by atoms with Gasteiger partial charge in [0.05, 0.1) is 28.4 Å². The molecule has 4 heterocycles. The van der Waals surface area contributed by atoms with Crippen LogP contribution in [-0.4, -0.2) is 40.2 Å². The maximum atomic E-state index is 12.8. The third-order valence-electron chi connectivity index (χ3n) is 4.89. The van der Waals surface area contributed by atoms with Crippen molar-refractivity contribution in [1.29, 1.82) is 5.26 Å². The molecule has 12 nitrogen and oxygen atoms in total. The zero-order valence-corrected chi connectivity index (χ0v) is 17.7. The predicted octanol–water partition coefficient (Wildman–Crippen LogP) is -0.364. The molecule has 0 saturated carbocycles. The average molecular weight is 450 g/mol. The quantitative estimate of drug-likeness (QED) is 0.251. The van der Waals surface area contributed by atoms with Gasteiger partial charge in [-0.2, -0.15) is 29.5 Å². The molecule has 0 aromatic carbocycles. The van der Waals surface area contributed by atoms with E-state index >= 15 is 0 Å². The molecule has 0 amide bonds. The Morgan fingerprint density at radius 3 is 2.44 bits per heavy atom. The van der Waals surface area contributed by atoms with Crippen LogP contribution < -0.4 is 21.6 Å². The van der Waals surface area contributed by atoms with E-state index in [2.05, 4.69) is 25.0 Å². The molecular weight excluding hydrogens is 438 g/mol. The summed E-state index contributed by atoms with van der Waals surface area (Å²) in [5.74, 6) is 1.34. The fourth-order valence-electron chi connectivity index (χ4n) is 3.27. The Morgan fingerprint density at radius 1 is 1.06 bits per heavy atom. The Labute approximate surface area is 189 Å². The fourth-order valence-corrected chi connectivity index (χ4v) is 3.27. The molecule has 0 atom stereocenters. The van der Waals surface area contributed by atoms with Crippen molar-refractivity contribution in [2.45, 2.75) is 13.8 Å². The topological polar surface area (TPSA) is 165 Å². The first-order valence-electron chi connectivity index (χ1n) is 9.57. The van der Waals surface area contributed by atoms with E-state index in [1.807, 2.05) is 11.9 Å². The molecule has 0 aliphatic carbocycles. The molecule has 4 aromatic rings. The summed E-state index contributed by atoms with van der Waals surface area (Å²) in [6, 6.07) is 1.85. The summed E-state index contributed by atoms with van der Waals surface area (Å²) >= 11 is 0. The van der Waals surface area contributed by atoms with Crippen LogP contribution in [0, 0.1) is 31.8 Å². The van der Waals surface area contributed by atoms with Gasteiger partial charge in [0.15, 0.2) is 17.0 Å². The van der Waals surface area contributed by atoms with Gasteiger partial charge in [-0.1, -0.05) is 18.2 Å². The van der Waals surface area contributed by atoms with Crippen LogP contribution in [0.5, 0.6) is 5.88 Å². The molecule has 0 radical (unpaired) electrons. The van der Waals surface area contributed by atoms with Crippen LogP contribution in [0.1, 0.15) is 22.6 Å². The number of nitriles is 1. The fraction of sp³-hybridized carbons (Fsp3) is 0.0909. The van der Waals surface area contributed by atoms with Gasteiger partial charge in [0.25, 0.3) is 16.8 Å². The number of allylic oxidation sites excluding steroid dienone is 3. The summed E-state index contributed by atoms with van der Waals surface area (Å²) in [6.07, 6.45) is 6.96. The summed E-state index contributed by atoms with van der Waals surface area (Å²) in [5, 5.41) is 36.8. The summed E-state index contributed by atoms with van der Waals surface area (Å²) in [7, 11) is 0. The largest absolute Gasteiger partial charge is 0.763 e. The van der Waals surface area contributed by atoms with Crippen molar-refractivity contribution in [3.8, 4) is 11.9 Å². The monoisotopic (exact) mass is 450 g/mol. The molecule has 0 bridgehead atoms. The second-order valence-electron chi connectivity index (χ2n) is 6.94. The van der Waals surface area contributed by atoms with Gasteiger partial charge in [0, 0.05) is 0 Å². The van der Waals surface area contributed by atoms with Gasteiger partial charge < -0.3 is 10.5 Å². The van der Waals surface area contributed by atoms with Gasteiger partial charge in [-0.15, -0.1) is 0 Å². The lowest BCUT2D eigenvalue weighted by Gasteiger charge is -1.98. The van der Waals surface area contributed by atoms with Crippen LogP contribution in [0.3, 0.4) is 0 Å². The Morgan fingerprint density at radius 2 is 1.76 bits per heavy atom. The minimum Gasteiger partial charge on any atom is -0.763 e. The van der Waals surface area contributed by atoms with Crippen molar-refractivity contribution >= 4 is 35.0 Å². The van der Waals surface area contributed by atoms with Crippen molar-refractivity contribution in [2.75, 3.05) is 0 Å². The van der Waals surface area contributed by atoms with E-state index in [0.29, 0.717) is 11.4 Å². The SMILES string of the molecule is [C-]#[N+]c1c(C)nn2c(=O)/c(=C/C=CC=Cc3c(O)nc4c(=C=[N-])c(C)nn4c3=O)c(C#N)nc12. The highest BCUT2D eigenvalue weighted by atomic mass is 16.3. The molecule has 0 saturated heterocycles. The first kappa shape index (κ1) is 21.8. The van der Waals surface area contributed by atoms with Crippen LogP contribution in [0.2, 0.25) is 0 Å². The van der Waals surface area contributed by atoms with Crippen LogP contribution >= 0.6 is 0 Å². The molecule has 1 N–H and O–H groups in total. The van der Waals surface area contributed by atoms with E-state index in [4.69, 9.17) is 6.57 Å². The lowest BCUT2D eigenvalue weighted by molar-refractivity contribution is 0.450. The Balaban J connectivity index is 1.75. The Kier molecular flexibility index (Phi) is 5.28. The van der Waals surface area contributed by atoms with Crippen molar-refractivity contribution in [2.24, 2.45) is 0 Å². The van der Waals surface area contributed by atoms with E-state index in [9.17, 15) is 25.4 Å². The van der Waals surface area contributed by atoms with E-state index in [1.54, 1.807) is 13.8 Å². The average Bonchev–Trinajstić information content (AvgIpc) is 3.31. The Hall–Kier alpha value is -5.45. The molecule has 4 aromatic heterocycles. The molecule has 4 rings (SSSR count). The van der Waals surface area contributed by atoms with Gasteiger partial charge in [-0.25, -0.2) is 9.83 Å². The van der Waals surface area contributed by atoms with Gasteiger partial charge in [-0.05, 0) is 26.0 Å². The highest BCUT2D eigenvalue weighted by Crippen LogP contribution is 2.21. The highest BCUT2D eigenvalue weighted by Gasteiger charge is 2.16. The van der Waals surface area contributed by atoms with Crippen LogP contribution in [0.25, 0.3) is 33.7 Å². The zero-order valence-electron chi connectivity index (χ0n) is 17.7. The van der Waals surface area contributed by atoms with Crippen molar-refractivity contribution in [1.82, 2.24) is 29.2 Å². The minimum absolute atomic E-state index is 0.0184. The molecule has 0 aliphatic rings. The summed E-state index contributed by atoms with van der Waals surface area (Å²) in [5.41, 5.74) is -0.846. The normalized spacial score (nSPS) is 12.1. The number of hydrogen-bond acceptors (Lipinski definition) is 8. The van der Waals surface area contributed by atoms with Crippen LogP contribution in [0.4, 0.5) is 5.69 Å². The molecule has 34 heavy (non-hydrogen) atoms. The van der Waals surface area contributed by atoms with Gasteiger partial charge >= 0.3 is 0 Å². The van der Waals surface area contributed by atoms with E-state index in [1.165, 1.54) is 30.4 Å². The van der Waals surface area contributed by atoms with Crippen molar-refractivity contribution < 1.29 is 5.11 Å². The number of rotatable bonds is 3. The number of aromatic nitrogens is 6. The van der Waals surface area contributed by atoms with E-state index in [-0.39, 0.29) is 38.7 Å². The Bertz CT molecular complexity index is 1910. The van der Waals surface area contributed by atoms with Crippen molar-refractivity contribution in [3.05, 3.63) is 88.8 Å². The third kappa shape index (κ3) is 3.29. The van der Waals surface area contributed by atoms with Crippen LogP contribution in [-0.2, 0) is 0 Å². The minimum atomic E-state index is -0.659. The van der Waals surface area contributed by atoms with Gasteiger partial charge in [0.2, 0.25) is 5.88 Å². The summed E-state index contributed by atoms with van der Waals surface area (Å²) in [4.78, 5) is 36.7. The maximum absolute atomic E-state index is 12.8. The zero-order chi connectivity index (χ0) is 24.6. The number of hydrogen-bond donors (Lipinski definition) is 1. The van der Waals surface area contributed by atoms with Gasteiger partial charge in [-0.3, -0.25) is 15.5 Å². The number of aryl methyl sites for hydroxylation is 2. The standard InChI is InChI=1S/C22H12N9O3/c1-11-15(9-23)18-27-20(32)14(22(34)30(18)28-11)8-6-4-5-7-13-16(10-24)26-19-17(25-3)12(2)29-31(19)21(13)33/h4-8,32H,1-2H3/q-1/b5-4?,8-6?,13-7+.